The molecule has 0 saturated carbocycles. The molecule has 1 heterocycles. The van der Waals surface area contributed by atoms with E-state index in [2.05, 4.69) is 26.2 Å². The fourth-order valence-electron chi connectivity index (χ4n) is 1.48. The zero-order valence-electron chi connectivity index (χ0n) is 8.98. The van der Waals surface area contributed by atoms with Gasteiger partial charge in [-0.05, 0) is 25.5 Å². The van der Waals surface area contributed by atoms with Crippen LogP contribution in [0.4, 0.5) is 4.39 Å². The van der Waals surface area contributed by atoms with Gasteiger partial charge in [0.25, 0.3) is 0 Å². The summed E-state index contributed by atoms with van der Waals surface area (Å²) in [5.41, 5.74) is 2.07. The average molecular weight is 284 g/mol. The van der Waals surface area contributed by atoms with Gasteiger partial charge in [0, 0.05) is 0 Å². The van der Waals surface area contributed by atoms with Gasteiger partial charge in [0.15, 0.2) is 0 Å². The maximum atomic E-state index is 13.6. The molecule has 0 aliphatic carbocycles. The second-order valence-corrected chi connectivity index (χ2v) is 4.98. The summed E-state index contributed by atoms with van der Waals surface area (Å²) < 4.78 is 15.1. The van der Waals surface area contributed by atoms with Gasteiger partial charge in [-0.15, -0.1) is 5.10 Å². The zero-order chi connectivity index (χ0) is 11.7. The van der Waals surface area contributed by atoms with Gasteiger partial charge in [-0.1, -0.05) is 33.3 Å². The Morgan fingerprint density at radius 3 is 2.75 bits per heavy atom. The van der Waals surface area contributed by atoms with Crippen molar-refractivity contribution in [1.29, 1.82) is 0 Å². The lowest BCUT2D eigenvalue weighted by Crippen LogP contribution is -2.01. The van der Waals surface area contributed by atoms with E-state index in [-0.39, 0.29) is 10.6 Å². The summed E-state index contributed by atoms with van der Waals surface area (Å²) in [6.07, 6.45) is 1.73. The smallest absolute Gasteiger partial charge is 0.149 e. The number of rotatable bonds is 2. The molecule has 0 aliphatic rings. The van der Waals surface area contributed by atoms with Crippen LogP contribution in [-0.2, 0) is 0 Å². The second-order valence-electron chi connectivity index (χ2n) is 3.61. The molecule has 0 aliphatic heterocycles. The first-order valence-corrected chi connectivity index (χ1v) is 5.83. The number of nitrogens with zero attached hydrogens (tertiary/aromatic N) is 3. The van der Waals surface area contributed by atoms with E-state index < -0.39 is 0 Å². The van der Waals surface area contributed by atoms with Gasteiger partial charge in [-0.2, -0.15) is 0 Å². The molecular formula is C11H11BrFN3. The summed E-state index contributed by atoms with van der Waals surface area (Å²) in [5, 5.41) is 7.90. The molecule has 84 valence electrons. The van der Waals surface area contributed by atoms with Crippen LogP contribution in [0.2, 0.25) is 0 Å². The average Bonchev–Trinajstić information content (AvgIpc) is 2.66. The predicted molar refractivity (Wildman–Crippen MR) is 63.4 cm³/mol. The number of halogens is 2. The molecular weight excluding hydrogens is 273 g/mol. The highest BCUT2D eigenvalue weighted by Crippen LogP contribution is 2.22. The van der Waals surface area contributed by atoms with Crippen LogP contribution in [0.5, 0.6) is 0 Å². The van der Waals surface area contributed by atoms with E-state index in [0.717, 1.165) is 11.3 Å². The van der Waals surface area contributed by atoms with Crippen molar-refractivity contribution >= 4 is 15.9 Å². The quantitative estimate of drug-likeness (QED) is 0.793. The third-order valence-corrected chi connectivity index (χ3v) is 2.81. The van der Waals surface area contributed by atoms with Crippen LogP contribution >= 0.6 is 15.9 Å². The zero-order valence-corrected chi connectivity index (χ0v) is 10.6. The summed E-state index contributed by atoms with van der Waals surface area (Å²) in [6, 6.07) is 4.94. The van der Waals surface area contributed by atoms with E-state index in [0.29, 0.717) is 5.69 Å². The Hall–Kier alpha value is -1.23. The van der Waals surface area contributed by atoms with Crippen molar-refractivity contribution in [2.75, 3.05) is 0 Å². The van der Waals surface area contributed by atoms with Gasteiger partial charge in [-0.3, -0.25) is 0 Å². The van der Waals surface area contributed by atoms with Crippen molar-refractivity contribution in [2.24, 2.45) is 0 Å². The fraction of sp³-hybridized carbons (Fsp3) is 0.273. The molecule has 0 spiro atoms. The summed E-state index contributed by atoms with van der Waals surface area (Å²) in [7, 11) is 0. The fourth-order valence-corrected chi connectivity index (χ4v) is 1.69. The Kier molecular flexibility index (Phi) is 3.05. The lowest BCUT2D eigenvalue weighted by molar-refractivity contribution is 0.605. The number of aryl methyl sites for hydroxylation is 1. The van der Waals surface area contributed by atoms with Crippen molar-refractivity contribution in [3.63, 3.8) is 0 Å². The van der Waals surface area contributed by atoms with Crippen LogP contribution < -0.4 is 0 Å². The molecule has 0 bridgehead atoms. The number of hydrogen-bond acceptors (Lipinski definition) is 2. The number of benzene rings is 1. The Morgan fingerprint density at radius 2 is 2.19 bits per heavy atom. The molecule has 0 N–H and O–H groups in total. The SMILES string of the molecule is Cc1cccc(F)c1-n1cc(C(C)Br)nn1. The van der Waals surface area contributed by atoms with Gasteiger partial charge < -0.3 is 0 Å². The standard InChI is InChI=1S/C11H11BrFN3/c1-7-4-3-5-9(13)11(7)16-6-10(8(2)12)14-15-16/h3-6,8H,1-2H3. The van der Waals surface area contributed by atoms with Crippen LogP contribution in [0.25, 0.3) is 5.69 Å². The van der Waals surface area contributed by atoms with Gasteiger partial charge in [0.1, 0.15) is 11.5 Å². The minimum Gasteiger partial charge on any atom is -0.217 e. The topological polar surface area (TPSA) is 30.7 Å². The number of para-hydroxylation sites is 1. The van der Waals surface area contributed by atoms with Crippen molar-refractivity contribution in [1.82, 2.24) is 15.0 Å². The van der Waals surface area contributed by atoms with Crippen molar-refractivity contribution in [3.05, 3.63) is 41.5 Å². The molecule has 0 fully saturated rings. The first kappa shape index (κ1) is 11.3. The molecule has 0 radical (unpaired) electrons. The normalized spacial score (nSPS) is 12.8. The molecule has 0 amide bonds. The molecule has 1 atom stereocenters. The Labute approximate surface area is 101 Å². The Balaban J connectivity index is 2.50. The van der Waals surface area contributed by atoms with Gasteiger partial charge >= 0.3 is 0 Å². The number of aromatic nitrogens is 3. The van der Waals surface area contributed by atoms with Crippen LogP contribution in [0.15, 0.2) is 24.4 Å². The van der Waals surface area contributed by atoms with Crippen molar-refractivity contribution < 1.29 is 4.39 Å². The molecule has 2 rings (SSSR count). The number of alkyl halides is 1. The van der Waals surface area contributed by atoms with E-state index >= 15 is 0 Å². The largest absolute Gasteiger partial charge is 0.217 e. The lowest BCUT2D eigenvalue weighted by atomic mass is 10.2. The third kappa shape index (κ3) is 2.00. The Morgan fingerprint density at radius 1 is 1.44 bits per heavy atom. The molecule has 0 saturated heterocycles. The van der Waals surface area contributed by atoms with E-state index in [1.165, 1.54) is 10.7 Å². The minimum absolute atomic E-state index is 0.105. The molecule has 1 unspecified atom stereocenters. The van der Waals surface area contributed by atoms with E-state index in [1.807, 2.05) is 19.9 Å². The molecule has 2 aromatic rings. The second kappa shape index (κ2) is 4.33. The highest BCUT2D eigenvalue weighted by molar-refractivity contribution is 9.09. The molecule has 1 aromatic carbocycles. The first-order chi connectivity index (χ1) is 7.59. The minimum atomic E-state index is -0.293. The number of hydrogen-bond donors (Lipinski definition) is 0. The van der Waals surface area contributed by atoms with Gasteiger partial charge in [-0.25, -0.2) is 9.07 Å². The molecule has 1 aromatic heterocycles. The van der Waals surface area contributed by atoms with Gasteiger partial charge in [0.2, 0.25) is 0 Å². The Bertz CT molecular complexity index is 487. The van der Waals surface area contributed by atoms with E-state index in [9.17, 15) is 4.39 Å². The maximum Gasteiger partial charge on any atom is 0.149 e. The van der Waals surface area contributed by atoms with Crippen molar-refractivity contribution in [2.45, 2.75) is 18.7 Å². The van der Waals surface area contributed by atoms with Crippen LogP contribution in [0, 0.1) is 12.7 Å². The molecule has 16 heavy (non-hydrogen) atoms. The lowest BCUT2D eigenvalue weighted by Gasteiger charge is -2.05. The highest BCUT2D eigenvalue weighted by atomic mass is 79.9. The van der Waals surface area contributed by atoms with Gasteiger partial charge in [0.05, 0.1) is 16.7 Å². The summed E-state index contributed by atoms with van der Waals surface area (Å²) in [6.45, 7) is 3.79. The van der Waals surface area contributed by atoms with Crippen molar-refractivity contribution in [3.8, 4) is 5.69 Å². The first-order valence-electron chi connectivity index (χ1n) is 4.91. The molecule has 5 heteroatoms. The van der Waals surface area contributed by atoms with Crippen LogP contribution in [0.1, 0.15) is 23.0 Å². The van der Waals surface area contributed by atoms with Crippen LogP contribution in [0.3, 0.4) is 0 Å². The predicted octanol–water partition coefficient (Wildman–Crippen LogP) is 3.17. The monoisotopic (exact) mass is 283 g/mol. The molecule has 3 nitrogen and oxygen atoms in total. The summed E-state index contributed by atoms with van der Waals surface area (Å²) >= 11 is 3.40. The summed E-state index contributed by atoms with van der Waals surface area (Å²) in [4.78, 5) is 0.105. The van der Waals surface area contributed by atoms with Crippen LogP contribution in [-0.4, -0.2) is 15.0 Å². The third-order valence-electron chi connectivity index (χ3n) is 2.34. The maximum absolute atomic E-state index is 13.6. The van der Waals surface area contributed by atoms with E-state index in [4.69, 9.17) is 0 Å². The highest BCUT2D eigenvalue weighted by Gasteiger charge is 2.12. The summed E-state index contributed by atoms with van der Waals surface area (Å²) in [5.74, 6) is -0.293. The van der Waals surface area contributed by atoms with E-state index in [1.54, 1.807) is 12.3 Å².